The lowest BCUT2D eigenvalue weighted by Crippen LogP contribution is -2.47. The van der Waals surface area contributed by atoms with Crippen LogP contribution in [0.5, 0.6) is 0 Å². The van der Waals surface area contributed by atoms with Gasteiger partial charge in [0.15, 0.2) is 0 Å². The van der Waals surface area contributed by atoms with Gasteiger partial charge in [-0.15, -0.1) is 0 Å². The fourth-order valence-electron chi connectivity index (χ4n) is 6.92. The number of nitrogens with one attached hydrogen (secondary N) is 1. The van der Waals surface area contributed by atoms with Crippen LogP contribution in [-0.4, -0.2) is 69.4 Å². The lowest BCUT2D eigenvalue weighted by Gasteiger charge is -2.30. The molecule has 9 nitrogen and oxygen atoms in total. The second-order valence-corrected chi connectivity index (χ2v) is 20.1. The molecule has 1 amide bonds. The number of nitrogens with zero attached hydrogens (tertiary/aromatic N) is 1. The molecule has 0 heterocycles. The Kier molecular flexibility index (Phi) is 44.5. The molecule has 10 heteroatoms. The van der Waals surface area contributed by atoms with Gasteiger partial charge >= 0.3 is 5.97 Å². The Morgan fingerprint density at radius 3 is 1.61 bits per heavy atom. The zero-order valence-corrected chi connectivity index (χ0v) is 44.5. The van der Waals surface area contributed by atoms with E-state index in [0.29, 0.717) is 23.9 Å². The van der Waals surface area contributed by atoms with Gasteiger partial charge in [0.2, 0.25) is 5.91 Å². The molecule has 0 radical (unpaired) electrons. The Morgan fingerprint density at radius 2 is 1.03 bits per heavy atom. The number of phosphoric ester groups is 1. The highest BCUT2D eigenvalue weighted by Crippen LogP contribution is 2.38. The van der Waals surface area contributed by atoms with E-state index in [2.05, 4.69) is 99.0 Å². The van der Waals surface area contributed by atoms with Crippen LogP contribution in [0.2, 0.25) is 0 Å². The lowest BCUT2D eigenvalue weighted by atomic mass is 10.1. The zero-order valence-electron chi connectivity index (χ0n) is 43.6. The lowest BCUT2D eigenvalue weighted by molar-refractivity contribution is -0.870. The number of rotatable bonds is 46. The molecule has 0 aromatic heterocycles. The maximum absolute atomic E-state index is 13.4. The minimum Gasteiger partial charge on any atom is -0.756 e. The molecule has 0 saturated heterocycles. The third-order valence-electron chi connectivity index (χ3n) is 11.1. The predicted octanol–water partition coefficient (Wildman–Crippen LogP) is 15.0. The van der Waals surface area contributed by atoms with E-state index in [9.17, 15) is 19.0 Å². The number of ether oxygens (including phenoxy) is 1. The Morgan fingerprint density at radius 1 is 0.552 bits per heavy atom. The summed E-state index contributed by atoms with van der Waals surface area (Å²) in [5, 5.41) is 2.98. The number of hydrogen-bond acceptors (Lipinski definition) is 7. The molecule has 0 saturated carbocycles. The maximum Gasteiger partial charge on any atom is 0.306 e. The van der Waals surface area contributed by atoms with Gasteiger partial charge in [0.25, 0.3) is 7.82 Å². The minimum atomic E-state index is -4.71. The fraction of sp³-hybridized carbons (Fsp3) is 0.684. The number of phosphoric acid groups is 1. The van der Waals surface area contributed by atoms with Gasteiger partial charge in [0.1, 0.15) is 19.3 Å². The molecular weight excluding hydrogens is 856 g/mol. The van der Waals surface area contributed by atoms with Crippen LogP contribution < -0.4 is 10.2 Å². The van der Waals surface area contributed by atoms with Crippen LogP contribution in [0.4, 0.5) is 0 Å². The average molecular weight is 955 g/mol. The van der Waals surface area contributed by atoms with E-state index in [-0.39, 0.29) is 25.4 Å². The molecule has 67 heavy (non-hydrogen) atoms. The van der Waals surface area contributed by atoms with Crippen LogP contribution >= 0.6 is 7.82 Å². The summed E-state index contributed by atoms with van der Waals surface area (Å²) in [6.45, 7) is 6.58. The van der Waals surface area contributed by atoms with E-state index in [0.717, 1.165) is 83.5 Å². The number of carbonyl (C=O) groups is 2. The average Bonchev–Trinajstić information content (AvgIpc) is 3.28. The first-order valence-electron chi connectivity index (χ1n) is 26.6. The van der Waals surface area contributed by atoms with Gasteiger partial charge < -0.3 is 28.5 Å². The second kappa shape index (κ2) is 46.6. The first-order valence-corrected chi connectivity index (χ1v) is 28.0. The number of unbranched alkanes of at least 4 members (excludes halogenated alkanes) is 18. The molecule has 0 fully saturated rings. The standard InChI is InChI=1S/C57H99N2O7P/c1-7-10-13-16-19-22-25-27-28-29-30-32-35-38-41-44-47-50-57(61)66-55(48-45-42-39-36-33-24-21-18-15-12-9-3)54(53-65-67(62,63)64-52-51-59(4,5)6)58-56(60)49-46-43-40-37-34-31-26-23-20-17-14-11-8-2/h11,14,17,19-20,22-23,26-28,30,32,38,41,45,48,54-55H,7-10,12-13,15-16,18,21,24-25,29,31,33-37,39-40,42-44,46-47,49-53H2,1-6H3,(H-,58,60,62,63)/b14-11+,20-17+,22-19-,26-23-,28-27-,32-30-,41-38-,48-45+. The van der Waals surface area contributed by atoms with Crippen molar-refractivity contribution in [2.45, 2.75) is 213 Å². The number of carbonyl (C=O) groups excluding carboxylic acids is 2. The largest absolute Gasteiger partial charge is 0.756 e. The molecular formula is C57H99N2O7P. The van der Waals surface area contributed by atoms with Crippen LogP contribution in [0.25, 0.3) is 0 Å². The normalized spacial score (nSPS) is 14.7. The number of allylic oxidation sites excluding steroid dienone is 15. The summed E-state index contributed by atoms with van der Waals surface area (Å²) in [6, 6.07) is -0.924. The SMILES string of the molecule is CC/C=C/C=C/C=C\CCCCCCCC(=O)NC(COP(=O)([O-])OCC[N+](C)(C)C)C(/C=C/CCCCCCCCCCC)OC(=O)CCC/C=C\C/C=C\C/C=C\C/C=C\CCCCC. The first-order chi connectivity index (χ1) is 32.4. The van der Waals surface area contributed by atoms with Crippen molar-refractivity contribution >= 4 is 19.7 Å². The van der Waals surface area contributed by atoms with Crippen LogP contribution in [0, 0.1) is 0 Å². The van der Waals surface area contributed by atoms with E-state index in [1.165, 1.54) is 70.6 Å². The second-order valence-electron chi connectivity index (χ2n) is 18.7. The molecule has 0 aliphatic rings. The summed E-state index contributed by atoms with van der Waals surface area (Å²) in [6.07, 6.45) is 61.0. The summed E-state index contributed by atoms with van der Waals surface area (Å²) in [5.41, 5.74) is 0. The van der Waals surface area contributed by atoms with Gasteiger partial charge in [-0.1, -0.05) is 195 Å². The Hall–Kier alpha value is -3.07. The molecule has 3 atom stereocenters. The van der Waals surface area contributed by atoms with Crippen LogP contribution in [0.3, 0.4) is 0 Å². The van der Waals surface area contributed by atoms with Gasteiger partial charge in [0, 0.05) is 12.8 Å². The summed E-state index contributed by atoms with van der Waals surface area (Å²) in [5.74, 6) is -0.641. The Labute approximate surface area is 411 Å². The molecule has 0 aliphatic heterocycles. The first kappa shape index (κ1) is 63.9. The van der Waals surface area contributed by atoms with Crippen LogP contribution in [0.1, 0.15) is 201 Å². The van der Waals surface area contributed by atoms with E-state index < -0.39 is 32.5 Å². The van der Waals surface area contributed by atoms with Crippen molar-refractivity contribution in [3.8, 4) is 0 Å². The smallest absolute Gasteiger partial charge is 0.306 e. The van der Waals surface area contributed by atoms with Gasteiger partial charge in [-0.25, -0.2) is 0 Å². The van der Waals surface area contributed by atoms with Crippen molar-refractivity contribution in [2.75, 3.05) is 40.9 Å². The number of esters is 1. The highest BCUT2D eigenvalue weighted by atomic mass is 31.2. The number of quaternary nitrogens is 1. The quantitative estimate of drug-likeness (QED) is 0.0161. The van der Waals surface area contributed by atoms with E-state index in [1.807, 2.05) is 39.4 Å². The molecule has 1 N–H and O–H groups in total. The van der Waals surface area contributed by atoms with Crippen molar-refractivity contribution in [3.05, 3.63) is 97.2 Å². The number of hydrogen-bond donors (Lipinski definition) is 1. The maximum atomic E-state index is 13.4. The van der Waals surface area contributed by atoms with Crippen molar-refractivity contribution in [2.24, 2.45) is 0 Å². The highest BCUT2D eigenvalue weighted by molar-refractivity contribution is 7.45. The van der Waals surface area contributed by atoms with Gasteiger partial charge in [0.05, 0.1) is 33.8 Å². The molecule has 384 valence electrons. The van der Waals surface area contributed by atoms with Crippen molar-refractivity contribution in [1.82, 2.24) is 5.32 Å². The predicted molar refractivity (Wildman–Crippen MR) is 284 cm³/mol. The van der Waals surface area contributed by atoms with Gasteiger partial charge in [-0.05, 0) is 89.5 Å². The Balaban J connectivity index is 5.52. The van der Waals surface area contributed by atoms with E-state index in [4.69, 9.17) is 13.8 Å². The number of likely N-dealkylation sites (N-methyl/N-ethyl adjacent to an activating group) is 1. The fourth-order valence-corrected chi connectivity index (χ4v) is 7.65. The molecule has 0 bridgehead atoms. The van der Waals surface area contributed by atoms with Crippen molar-refractivity contribution < 1.29 is 37.3 Å². The topological polar surface area (TPSA) is 114 Å². The van der Waals surface area contributed by atoms with Gasteiger partial charge in [-0.2, -0.15) is 0 Å². The summed E-state index contributed by atoms with van der Waals surface area (Å²) >= 11 is 0. The van der Waals surface area contributed by atoms with Crippen molar-refractivity contribution in [1.29, 1.82) is 0 Å². The Bertz CT molecular complexity index is 1470. The summed E-state index contributed by atoms with van der Waals surface area (Å²) in [7, 11) is 1.12. The third kappa shape index (κ3) is 47.8. The molecule has 0 aromatic rings. The van der Waals surface area contributed by atoms with Crippen LogP contribution in [-0.2, 0) is 27.9 Å². The minimum absolute atomic E-state index is 0.0399. The summed E-state index contributed by atoms with van der Waals surface area (Å²) < 4.78 is 30.1. The molecule has 0 rings (SSSR count). The van der Waals surface area contributed by atoms with E-state index in [1.54, 1.807) is 6.08 Å². The monoisotopic (exact) mass is 955 g/mol. The highest BCUT2D eigenvalue weighted by Gasteiger charge is 2.27. The van der Waals surface area contributed by atoms with E-state index >= 15 is 0 Å². The molecule has 3 unspecified atom stereocenters. The molecule has 0 aliphatic carbocycles. The number of amides is 1. The molecule has 0 spiro atoms. The van der Waals surface area contributed by atoms with Gasteiger partial charge in [-0.3, -0.25) is 14.2 Å². The third-order valence-corrected chi connectivity index (χ3v) is 12.0. The van der Waals surface area contributed by atoms with Crippen LogP contribution in [0.15, 0.2) is 97.2 Å². The van der Waals surface area contributed by atoms with Crippen molar-refractivity contribution in [3.63, 3.8) is 0 Å². The molecule has 0 aromatic carbocycles. The summed E-state index contributed by atoms with van der Waals surface area (Å²) in [4.78, 5) is 39.7. The zero-order chi connectivity index (χ0) is 49.4.